The molecule has 132 valence electrons. The van der Waals surface area contributed by atoms with E-state index in [0.29, 0.717) is 17.3 Å². The Morgan fingerprint density at radius 2 is 1.62 bits per heavy atom. The first kappa shape index (κ1) is 17.0. The number of piperazine rings is 1. The number of likely N-dealkylation sites (N-methyl/N-ethyl adjacent to an activating group) is 1. The summed E-state index contributed by atoms with van der Waals surface area (Å²) in [4.78, 5) is 17.2. The van der Waals surface area contributed by atoms with E-state index in [4.69, 9.17) is 0 Å². The summed E-state index contributed by atoms with van der Waals surface area (Å²) in [5, 5.41) is 11.4. The number of hydrogen-bond acceptors (Lipinski definition) is 5. The van der Waals surface area contributed by atoms with E-state index < -0.39 is 10.7 Å². The van der Waals surface area contributed by atoms with Gasteiger partial charge in [-0.3, -0.25) is 10.1 Å². The number of benzene rings is 1. The lowest BCUT2D eigenvalue weighted by Gasteiger charge is -2.35. The monoisotopic (exact) mass is 336 g/mol. The van der Waals surface area contributed by atoms with Gasteiger partial charge < -0.3 is 14.7 Å². The number of nitro groups is 1. The summed E-state index contributed by atoms with van der Waals surface area (Å²) in [6.07, 6.45) is 2.06. The fraction of sp³-hybridized carbons (Fsp3) is 0.647. The van der Waals surface area contributed by atoms with E-state index in [1.165, 1.54) is 0 Å². The van der Waals surface area contributed by atoms with E-state index >= 15 is 0 Å². The molecule has 0 aromatic heterocycles. The van der Waals surface area contributed by atoms with Crippen LogP contribution >= 0.6 is 0 Å². The van der Waals surface area contributed by atoms with Gasteiger partial charge in [0, 0.05) is 39.3 Å². The molecule has 0 atom stereocenters. The zero-order chi connectivity index (χ0) is 17.3. The van der Waals surface area contributed by atoms with Gasteiger partial charge in [-0.1, -0.05) is 6.92 Å². The SMILES string of the molecule is CC1CCN(c2cc(N3CCN(C)CC3)c([N+](=O)[O-])cc2F)CC1. The smallest absolute Gasteiger partial charge is 0.295 e. The highest BCUT2D eigenvalue weighted by atomic mass is 19.1. The maximum absolute atomic E-state index is 14.5. The molecular weight excluding hydrogens is 311 g/mol. The van der Waals surface area contributed by atoms with Crippen molar-refractivity contribution in [3.8, 4) is 0 Å². The molecule has 2 aliphatic heterocycles. The molecule has 24 heavy (non-hydrogen) atoms. The molecule has 2 heterocycles. The third kappa shape index (κ3) is 3.45. The number of piperidine rings is 1. The summed E-state index contributed by atoms with van der Waals surface area (Å²) in [7, 11) is 2.04. The summed E-state index contributed by atoms with van der Waals surface area (Å²) in [5.74, 6) is 0.161. The summed E-state index contributed by atoms with van der Waals surface area (Å²) in [6, 6.07) is 2.79. The van der Waals surface area contributed by atoms with E-state index in [0.717, 1.165) is 58.2 Å². The minimum absolute atomic E-state index is 0.133. The van der Waals surface area contributed by atoms with Gasteiger partial charge in [0.15, 0.2) is 5.82 Å². The summed E-state index contributed by atoms with van der Waals surface area (Å²) in [5.41, 5.74) is 0.913. The van der Waals surface area contributed by atoms with Crippen LogP contribution in [-0.4, -0.2) is 56.1 Å². The van der Waals surface area contributed by atoms with Crippen molar-refractivity contribution in [2.24, 2.45) is 5.92 Å². The number of anilines is 2. The highest BCUT2D eigenvalue weighted by Crippen LogP contribution is 2.36. The predicted molar refractivity (Wildman–Crippen MR) is 93.4 cm³/mol. The minimum Gasteiger partial charge on any atom is -0.369 e. The summed E-state index contributed by atoms with van der Waals surface area (Å²) in [6.45, 7) is 6.96. The second-order valence-electron chi connectivity index (χ2n) is 7.01. The van der Waals surface area contributed by atoms with Crippen LogP contribution in [0.4, 0.5) is 21.5 Å². The Balaban J connectivity index is 1.93. The van der Waals surface area contributed by atoms with Crippen molar-refractivity contribution in [1.29, 1.82) is 0 Å². The Kier molecular flexibility index (Phi) is 4.89. The van der Waals surface area contributed by atoms with Crippen molar-refractivity contribution in [3.63, 3.8) is 0 Å². The van der Waals surface area contributed by atoms with E-state index in [1.54, 1.807) is 6.07 Å². The molecule has 0 spiro atoms. The van der Waals surface area contributed by atoms with Crippen LogP contribution in [0.3, 0.4) is 0 Å². The van der Waals surface area contributed by atoms with Gasteiger partial charge in [-0.2, -0.15) is 0 Å². The number of halogens is 1. The molecule has 2 fully saturated rings. The van der Waals surface area contributed by atoms with Gasteiger partial charge in [0.1, 0.15) is 5.69 Å². The lowest BCUT2D eigenvalue weighted by molar-refractivity contribution is -0.384. The highest BCUT2D eigenvalue weighted by Gasteiger charge is 2.27. The van der Waals surface area contributed by atoms with Crippen LogP contribution in [-0.2, 0) is 0 Å². The standard InChI is InChI=1S/C17H25FN4O2/c1-13-3-5-20(6-4-13)15-12-16(17(22(23)24)11-14(15)18)21-9-7-19(2)8-10-21/h11-13H,3-10H2,1-2H3. The Bertz CT molecular complexity index is 609. The second-order valence-corrected chi connectivity index (χ2v) is 7.01. The molecule has 0 radical (unpaired) electrons. The van der Waals surface area contributed by atoms with Crippen LogP contribution < -0.4 is 9.80 Å². The molecule has 7 heteroatoms. The predicted octanol–water partition coefficient (Wildman–Crippen LogP) is 2.72. The van der Waals surface area contributed by atoms with Gasteiger partial charge in [0.25, 0.3) is 5.69 Å². The first-order valence-corrected chi connectivity index (χ1v) is 8.62. The van der Waals surface area contributed by atoms with Crippen molar-refractivity contribution in [3.05, 3.63) is 28.1 Å². The Morgan fingerprint density at radius 1 is 1.04 bits per heavy atom. The van der Waals surface area contributed by atoms with Gasteiger partial charge in [-0.05, 0) is 31.9 Å². The van der Waals surface area contributed by atoms with Crippen molar-refractivity contribution in [1.82, 2.24) is 4.90 Å². The van der Waals surface area contributed by atoms with Gasteiger partial charge in [-0.15, -0.1) is 0 Å². The third-order valence-electron chi connectivity index (χ3n) is 5.21. The van der Waals surface area contributed by atoms with Crippen molar-refractivity contribution in [2.45, 2.75) is 19.8 Å². The van der Waals surface area contributed by atoms with Crippen LogP contribution in [0.25, 0.3) is 0 Å². The Hall–Kier alpha value is -1.89. The van der Waals surface area contributed by atoms with Gasteiger partial charge in [0.05, 0.1) is 16.7 Å². The Morgan fingerprint density at radius 3 is 2.21 bits per heavy atom. The molecule has 0 bridgehead atoms. The van der Waals surface area contributed by atoms with E-state index in [9.17, 15) is 14.5 Å². The first-order valence-electron chi connectivity index (χ1n) is 8.62. The number of nitrogens with zero attached hydrogens (tertiary/aromatic N) is 4. The topological polar surface area (TPSA) is 52.9 Å². The molecule has 6 nitrogen and oxygen atoms in total. The van der Waals surface area contributed by atoms with Crippen LogP contribution in [0.2, 0.25) is 0 Å². The van der Waals surface area contributed by atoms with Gasteiger partial charge >= 0.3 is 0 Å². The first-order chi connectivity index (χ1) is 11.5. The molecule has 1 aromatic carbocycles. The number of rotatable bonds is 3. The highest BCUT2D eigenvalue weighted by molar-refractivity contribution is 5.71. The zero-order valence-electron chi connectivity index (χ0n) is 14.4. The quantitative estimate of drug-likeness (QED) is 0.627. The molecule has 3 rings (SSSR count). The van der Waals surface area contributed by atoms with Crippen LogP contribution in [0, 0.1) is 21.8 Å². The van der Waals surface area contributed by atoms with Gasteiger partial charge in [-0.25, -0.2) is 4.39 Å². The largest absolute Gasteiger partial charge is 0.369 e. The number of hydrogen-bond donors (Lipinski definition) is 0. The molecular formula is C17H25FN4O2. The maximum Gasteiger partial charge on any atom is 0.295 e. The molecule has 0 amide bonds. The molecule has 0 aliphatic carbocycles. The molecule has 2 aliphatic rings. The summed E-state index contributed by atoms with van der Waals surface area (Å²) >= 11 is 0. The van der Waals surface area contributed by atoms with Crippen molar-refractivity contribution < 1.29 is 9.31 Å². The van der Waals surface area contributed by atoms with E-state index in [1.807, 2.05) is 16.8 Å². The minimum atomic E-state index is -0.492. The molecule has 1 aromatic rings. The summed E-state index contributed by atoms with van der Waals surface area (Å²) < 4.78 is 14.5. The molecule has 0 unspecified atom stereocenters. The second kappa shape index (κ2) is 6.93. The normalized spacial score (nSPS) is 20.5. The maximum atomic E-state index is 14.5. The fourth-order valence-corrected chi connectivity index (χ4v) is 3.48. The molecule has 2 saturated heterocycles. The fourth-order valence-electron chi connectivity index (χ4n) is 3.48. The lowest BCUT2D eigenvalue weighted by atomic mass is 9.98. The molecule has 0 saturated carbocycles. The van der Waals surface area contributed by atoms with Crippen LogP contribution in [0.1, 0.15) is 19.8 Å². The van der Waals surface area contributed by atoms with Gasteiger partial charge in [0.2, 0.25) is 0 Å². The number of nitro benzene ring substituents is 1. The van der Waals surface area contributed by atoms with Crippen LogP contribution in [0.15, 0.2) is 12.1 Å². The van der Waals surface area contributed by atoms with E-state index in [2.05, 4.69) is 11.8 Å². The zero-order valence-corrected chi connectivity index (χ0v) is 14.4. The van der Waals surface area contributed by atoms with Crippen LogP contribution in [0.5, 0.6) is 0 Å². The van der Waals surface area contributed by atoms with Crippen molar-refractivity contribution >= 4 is 17.1 Å². The Labute approximate surface area is 142 Å². The van der Waals surface area contributed by atoms with E-state index in [-0.39, 0.29) is 5.69 Å². The molecule has 0 N–H and O–H groups in total. The van der Waals surface area contributed by atoms with Crippen molar-refractivity contribution in [2.75, 3.05) is 56.1 Å². The average Bonchev–Trinajstić information content (AvgIpc) is 2.56. The average molecular weight is 336 g/mol. The lowest BCUT2D eigenvalue weighted by Crippen LogP contribution is -2.44. The third-order valence-corrected chi connectivity index (χ3v) is 5.21.